The predicted octanol–water partition coefficient (Wildman–Crippen LogP) is 6.65. The van der Waals surface area contributed by atoms with Gasteiger partial charge >= 0.3 is 12.1 Å². The van der Waals surface area contributed by atoms with Gasteiger partial charge in [0.2, 0.25) is 0 Å². The van der Waals surface area contributed by atoms with Gasteiger partial charge in [0.1, 0.15) is 11.5 Å². The van der Waals surface area contributed by atoms with Crippen molar-refractivity contribution in [3.05, 3.63) is 72.2 Å². The van der Waals surface area contributed by atoms with Crippen molar-refractivity contribution >= 4 is 23.2 Å². The first kappa shape index (κ1) is 24.0. The van der Waals surface area contributed by atoms with E-state index in [4.69, 9.17) is 0 Å². The molecule has 0 N–H and O–H groups in total. The molecule has 34 heavy (non-hydrogen) atoms. The van der Waals surface area contributed by atoms with Crippen LogP contribution in [-0.2, 0) is 0 Å². The molecule has 0 radical (unpaired) electrons. The minimum absolute atomic E-state index is 0.215. The van der Waals surface area contributed by atoms with E-state index in [9.17, 15) is 30.7 Å². The fourth-order valence-corrected chi connectivity index (χ4v) is 3.84. The molecular weight excluding hydrogens is 485 g/mol. The number of hydrazone groups is 1. The van der Waals surface area contributed by atoms with E-state index >= 15 is 0 Å². The van der Waals surface area contributed by atoms with Gasteiger partial charge in [0, 0.05) is 42.2 Å². The largest absolute Gasteiger partial charge is 0.459 e. The Hall–Kier alpha value is -3.15. The molecular formula is C22H15F7N4S. The fourth-order valence-electron chi connectivity index (χ4n) is 3.48. The van der Waals surface area contributed by atoms with Crippen LogP contribution >= 0.6 is 11.8 Å². The summed E-state index contributed by atoms with van der Waals surface area (Å²) >= 11 is 1.43. The smallest absolute Gasteiger partial charge is 0.264 e. The van der Waals surface area contributed by atoms with Crippen molar-refractivity contribution < 1.29 is 30.7 Å². The normalized spacial score (nSPS) is 16.6. The van der Waals surface area contributed by atoms with Crippen LogP contribution in [0, 0.1) is 11.6 Å². The van der Waals surface area contributed by atoms with Gasteiger partial charge in [-0.25, -0.2) is 13.8 Å². The first-order chi connectivity index (χ1) is 16.0. The van der Waals surface area contributed by atoms with Crippen LogP contribution in [0.15, 0.2) is 65.1 Å². The van der Waals surface area contributed by atoms with E-state index < -0.39 is 47.6 Å². The van der Waals surface area contributed by atoms with Crippen LogP contribution < -0.4 is 5.01 Å². The number of alkyl halides is 5. The van der Waals surface area contributed by atoms with E-state index in [1.54, 1.807) is 18.3 Å². The Labute approximate surface area is 193 Å². The lowest BCUT2D eigenvalue weighted by Crippen LogP contribution is -2.43. The van der Waals surface area contributed by atoms with Crippen LogP contribution in [0.2, 0.25) is 0 Å². The third-order valence-electron chi connectivity index (χ3n) is 5.21. The molecule has 178 valence electrons. The summed E-state index contributed by atoms with van der Waals surface area (Å²) in [6.07, 6.45) is -0.573. The molecule has 1 aliphatic heterocycles. The Morgan fingerprint density at radius 1 is 0.941 bits per heavy atom. The summed E-state index contributed by atoms with van der Waals surface area (Å²) < 4.78 is 95.2. The molecule has 0 saturated heterocycles. The average molecular weight is 500 g/mol. The van der Waals surface area contributed by atoms with Crippen molar-refractivity contribution in [3.63, 3.8) is 0 Å². The zero-order valence-electron chi connectivity index (χ0n) is 17.3. The second-order valence-electron chi connectivity index (χ2n) is 7.38. The number of anilines is 1. The van der Waals surface area contributed by atoms with E-state index in [-0.39, 0.29) is 5.56 Å². The number of thioether (sulfide) groups is 1. The van der Waals surface area contributed by atoms with Gasteiger partial charge < -0.3 is 0 Å². The zero-order chi connectivity index (χ0) is 24.7. The van der Waals surface area contributed by atoms with Crippen LogP contribution in [0.25, 0.3) is 11.1 Å². The summed E-state index contributed by atoms with van der Waals surface area (Å²) in [5.74, 6) is -7.34. The van der Waals surface area contributed by atoms with Crippen molar-refractivity contribution in [1.82, 2.24) is 9.97 Å². The maximum absolute atomic E-state index is 14.5. The lowest BCUT2D eigenvalue weighted by Gasteiger charge is -2.24. The average Bonchev–Trinajstić information content (AvgIpc) is 3.24. The van der Waals surface area contributed by atoms with Crippen molar-refractivity contribution in [1.29, 1.82) is 0 Å². The molecule has 2 aromatic heterocycles. The third kappa shape index (κ3) is 4.46. The maximum atomic E-state index is 14.5. The number of hydrogen-bond donors (Lipinski definition) is 0. The highest BCUT2D eigenvalue weighted by atomic mass is 32.2. The Balaban J connectivity index is 1.77. The number of aromatic nitrogens is 2. The van der Waals surface area contributed by atoms with Crippen molar-refractivity contribution in [2.45, 2.75) is 29.6 Å². The van der Waals surface area contributed by atoms with Crippen LogP contribution in [0.1, 0.15) is 18.0 Å². The van der Waals surface area contributed by atoms with E-state index in [0.29, 0.717) is 22.2 Å². The van der Waals surface area contributed by atoms with Gasteiger partial charge in [0.05, 0.1) is 16.8 Å². The summed E-state index contributed by atoms with van der Waals surface area (Å²) in [5, 5.41) is 4.91. The molecule has 1 unspecified atom stereocenters. The summed E-state index contributed by atoms with van der Waals surface area (Å²) in [6.45, 7) is 0. The van der Waals surface area contributed by atoms with Crippen molar-refractivity contribution in [2.75, 3.05) is 11.3 Å². The monoisotopic (exact) mass is 500 g/mol. The summed E-state index contributed by atoms with van der Waals surface area (Å²) in [4.78, 5) is 8.32. The molecule has 0 bridgehead atoms. The van der Waals surface area contributed by atoms with Gasteiger partial charge in [0.15, 0.2) is 5.82 Å². The first-order valence-corrected chi connectivity index (χ1v) is 11.0. The van der Waals surface area contributed by atoms with Gasteiger partial charge in [-0.2, -0.15) is 27.1 Å². The molecule has 1 aliphatic rings. The Morgan fingerprint density at radius 3 is 2.32 bits per heavy atom. The standard InChI is InChI=1S/C22H15F7N4S/c1-34-20-5-2-12(11-31-20)13-6-14(10-30-9-13)18-8-19(21(25,26)22(27,28)29)32-33(18)17-4-3-15(23)7-16(17)24/h2-7,9-11,18H,8H2,1H3. The predicted molar refractivity (Wildman–Crippen MR) is 114 cm³/mol. The number of nitrogens with zero attached hydrogens (tertiary/aromatic N) is 4. The SMILES string of the molecule is CSc1ccc(-c2cncc(C3CC(C(F)(F)C(F)(F)F)=NN3c3ccc(F)cc3F)c2)cn1. The van der Waals surface area contributed by atoms with Gasteiger partial charge in [-0.3, -0.25) is 9.99 Å². The van der Waals surface area contributed by atoms with Crippen LogP contribution in [-0.4, -0.2) is 34.0 Å². The highest BCUT2D eigenvalue weighted by Crippen LogP contribution is 2.45. The Morgan fingerprint density at radius 2 is 1.71 bits per heavy atom. The molecule has 12 heteroatoms. The molecule has 4 rings (SSSR count). The summed E-state index contributed by atoms with van der Waals surface area (Å²) in [5.41, 5.74) is -0.563. The number of benzene rings is 1. The highest BCUT2D eigenvalue weighted by Gasteiger charge is 2.63. The lowest BCUT2D eigenvalue weighted by atomic mass is 9.97. The minimum atomic E-state index is -5.89. The molecule has 3 heterocycles. The molecule has 1 aromatic carbocycles. The molecule has 0 amide bonds. The molecule has 0 saturated carbocycles. The second kappa shape index (κ2) is 8.90. The van der Waals surface area contributed by atoms with Gasteiger partial charge in [-0.1, -0.05) is 6.07 Å². The van der Waals surface area contributed by atoms with E-state index in [1.807, 2.05) is 6.26 Å². The highest BCUT2D eigenvalue weighted by molar-refractivity contribution is 7.98. The zero-order valence-corrected chi connectivity index (χ0v) is 18.1. The number of hydrogen-bond acceptors (Lipinski definition) is 5. The quantitative estimate of drug-likeness (QED) is 0.291. The topological polar surface area (TPSA) is 41.4 Å². The van der Waals surface area contributed by atoms with Gasteiger partial charge in [-0.15, -0.1) is 11.8 Å². The van der Waals surface area contributed by atoms with Crippen molar-refractivity contribution in [2.24, 2.45) is 5.10 Å². The van der Waals surface area contributed by atoms with Crippen molar-refractivity contribution in [3.8, 4) is 11.1 Å². The Kier molecular flexibility index (Phi) is 6.28. The third-order valence-corrected chi connectivity index (χ3v) is 5.87. The lowest BCUT2D eigenvalue weighted by molar-refractivity contribution is -0.249. The summed E-state index contributed by atoms with van der Waals surface area (Å²) in [6, 6.07) is 6.09. The van der Waals surface area contributed by atoms with E-state index in [1.165, 1.54) is 30.2 Å². The number of halogens is 7. The number of rotatable bonds is 5. The second-order valence-corrected chi connectivity index (χ2v) is 8.20. The molecule has 3 aromatic rings. The van der Waals surface area contributed by atoms with E-state index in [0.717, 1.165) is 17.2 Å². The van der Waals surface area contributed by atoms with Gasteiger partial charge in [-0.05, 0) is 36.1 Å². The van der Waals surface area contributed by atoms with Crippen LogP contribution in [0.4, 0.5) is 36.4 Å². The first-order valence-electron chi connectivity index (χ1n) is 9.73. The van der Waals surface area contributed by atoms with E-state index in [2.05, 4.69) is 15.1 Å². The molecule has 0 aliphatic carbocycles. The summed E-state index contributed by atoms with van der Waals surface area (Å²) in [7, 11) is 0. The Bertz CT molecular complexity index is 1230. The van der Waals surface area contributed by atoms with Crippen LogP contribution in [0.5, 0.6) is 0 Å². The van der Waals surface area contributed by atoms with Gasteiger partial charge in [0.25, 0.3) is 0 Å². The molecule has 0 fully saturated rings. The van der Waals surface area contributed by atoms with Crippen LogP contribution in [0.3, 0.4) is 0 Å². The molecule has 0 spiro atoms. The minimum Gasteiger partial charge on any atom is -0.264 e. The number of pyridine rings is 2. The molecule has 1 atom stereocenters. The fraction of sp³-hybridized carbons (Fsp3) is 0.227. The molecule has 4 nitrogen and oxygen atoms in total. The maximum Gasteiger partial charge on any atom is 0.459 e.